The zero-order valence-electron chi connectivity index (χ0n) is 7.56. The summed E-state index contributed by atoms with van der Waals surface area (Å²) in [5, 5.41) is 1.91. The normalized spacial score (nSPS) is 10.4. The van der Waals surface area contributed by atoms with Crippen LogP contribution in [0.3, 0.4) is 0 Å². The molecule has 0 unspecified atom stereocenters. The van der Waals surface area contributed by atoms with Crippen molar-refractivity contribution in [1.29, 1.82) is 0 Å². The molecule has 0 N–H and O–H groups in total. The highest BCUT2D eigenvalue weighted by Gasteiger charge is 2.10. The fourth-order valence-corrected chi connectivity index (χ4v) is 1.75. The molecule has 0 saturated heterocycles. The fraction of sp³-hybridized carbons (Fsp3) is 0.222. The van der Waals surface area contributed by atoms with E-state index in [1.807, 2.05) is 11.4 Å². The van der Waals surface area contributed by atoms with E-state index in [4.69, 9.17) is 4.74 Å². The average Bonchev–Trinajstić information content (AvgIpc) is 2.64. The van der Waals surface area contributed by atoms with Crippen LogP contribution in [0.4, 0.5) is 0 Å². The number of aromatic nitrogens is 2. The molecule has 0 aromatic carbocycles. The topological polar surface area (TPSA) is 52.1 Å². The van der Waals surface area contributed by atoms with Crippen LogP contribution in [-0.2, 0) is 4.74 Å². The summed E-state index contributed by atoms with van der Waals surface area (Å²) in [6.07, 6.45) is 1.64. The maximum atomic E-state index is 11.3. The third-order valence-electron chi connectivity index (χ3n) is 1.66. The molecule has 4 nitrogen and oxygen atoms in total. The molecule has 14 heavy (non-hydrogen) atoms. The van der Waals surface area contributed by atoms with Gasteiger partial charge in [-0.25, -0.2) is 14.8 Å². The van der Waals surface area contributed by atoms with Gasteiger partial charge >= 0.3 is 5.97 Å². The minimum absolute atomic E-state index is 0.123. The quantitative estimate of drug-likeness (QED) is 0.707. The summed E-state index contributed by atoms with van der Waals surface area (Å²) in [7, 11) is 0. The molecule has 72 valence electrons. The van der Waals surface area contributed by atoms with E-state index in [9.17, 15) is 4.79 Å². The summed E-state index contributed by atoms with van der Waals surface area (Å²) < 4.78 is 5.76. The Morgan fingerprint density at radius 2 is 2.50 bits per heavy atom. The van der Waals surface area contributed by atoms with E-state index in [1.54, 1.807) is 24.5 Å². The number of ether oxygens (including phenoxy) is 1. The zero-order chi connectivity index (χ0) is 9.97. The Kier molecular flexibility index (Phi) is 2.41. The highest BCUT2D eigenvalue weighted by Crippen LogP contribution is 2.17. The van der Waals surface area contributed by atoms with Crippen LogP contribution in [0.1, 0.15) is 17.5 Å². The Bertz CT molecular complexity index is 467. The summed E-state index contributed by atoms with van der Waals surface area (Å²) >= 11 is 1.54. The predicted molar refractivity (Wildman–Crippen MR) is 53.4 cm³/mol. The van der Waals surface area contributed by atoms with Crippen LogP contribution in [0.25, 0.3) is 10.2 Å². The lowest BCUT2D eigenvalue weighted by Crippen LogP contribution is -2.08. The molecule has 2 aromatic heterocycles. The largest absolute Gasteiger partial charge is 0.460 e. The van der Waals surface area contributed by atoms with Gasteiger partial charge in [-0.2, -0.15) is 0 Å². The third kappa shape index (κ3) is 1.58. The first-order chi connectivity index (χ1) is 6.81. The van der Waals surface area contributed by atoms with Crippen LogP contribution in [-0.4, -0.2) is 22.5 Å². The monoisotopic (exact) mass is 208 g/mol. The first-order valence-corrected chi connectivity index (χ1v) is 5.06. The molecule has 0 aliphatic rings. The summed E-state index contributed by atoms with van der Waals surface area (Å²) in [4.78, 5) is 19.3. The Morgan fingerprint density at radius 1 is 1.64 bits per heavy atom. The van der Waals surface area contributed by atoms with Crippen LogP contribution >= 0.6 is 11.3 Å². The number of carbonyl (C=O) groups is 1. The molecule has 0 amide bonds. The number of nitrogens with zero attached hydrogens (tertiary/aromatic N) is 2. The molecule has 2 rings (SSSR count). The van der Waals surface area contributed by atoms with Gasteiger partial charge in [0.25, 0.3) is 0 Å². The summed E-state index contributed by atoms with van der Waals surface area (Å²) in [6, 6.07) is 1.85. The zero-order valence-corrected chi connectivity index (χ0v) is 8.37. The van der Waals surface area contributed by atoms with Crippen LogP contribution in [0, 0.1) is 0 Å². The first-order valence-electron chi connectivity index (χ1n) is 4.18. The van der Waals surface area contributed by atoms with E-state index in [-0.39, 0.29) is 5.82 Å². The molecule has 0 aliphatic carbocycles. The molecule has 0 spiro atoms. The summed E-state index contributed by atoms with van der Waals surface area (Å²) in [6.45, 7) is 2.09. The van der Waals surface area contributed by atoms with Gasteiger partial charge in [-0.15, -0.1) is 11.3 Å². The molecule has 0 saturated carbocycles. The highest BCUT2D eigenvalue weighted by molar-refractivity contribution is 7.17. The second-order valence-corrected chi connectivity index (χ2v) is 3.53. The Hall–Kier alpha value is -1.49. The summed E-state index contributed by atoms with van der Waals surface area (Å²) in [5.74, 6) is -0.349. The van der Waals surface area contributed by atoms with Crippen molar-refractivity contribution in [2.75, 3.05) is 6.61 Å². The average molecular weight is 208 g/mol. The second kappa shape index (κ2) is 3.71. The Labute approximate surface area is 84.6 Å². The number of thiophene rings is 1. The molecule has 5 heteroatoms. The molecule has 2 heterocycles. The molecule has 0 bridgehead atoms. The Morgan fingerprint density at radius 3 is 3.29 bits per heavy atom. The van der Waals surface area contributed by atoms with Gasteiger partial charge in [0.05, 0.1) is 16.8 Å². The lowest BCUT2D eigenvalue weighted by Gasteiger charge is -1.98. The van der Waals surface area contributed by atoms with Crippen molar-refractivity contribution in [2.24, 2.45) is 0 Å². The first kappa shape index (κ1) is 9.08. The number of fused-ring (bicyclic) bond motifs is 1. The summed E-state index contributed by atoms with van der Waals surface area (Å²) in [5.41, 5.74) is 0.785. The number of hydrogen-bond donors (Lipinski definition) is 0. The number of rotatable bonds is 2. The minimum Gasteiger partial charge on any atom is -0.460 e. The van der Waals surface area contributed by atoms with Gasteiger partial charge < -0.3 is 4.74 Å². The smallest absolute Gasteiger partial charge is 0.376 e. The van der Waals surface area contributed by atoms with E-state index >= 15 is 0 Å². The van der Waals surface area contributed by atoms with Crippen LogP contribution in [0.15, 0.2) is 17.6 Å². The Balaban J connectivity index is 2.38. The van der Waals surface area contributed by atoms with E-state index in [1.165, 1.54) is 0 Å². The van der Waals surface area contributed by atoms with Crippen LogP contribution in [0.5, 0.6) is 0 Å². The van der Waals surface area contributed by atoms with Gasteiger partial charge in [-0.05, 0) is 18.4 Å². The van der Waals surface area contributed by atoms with E-state index in [0.29, 0.717) is 6.61 Å². The van der Waals surface area contributed by atoms with Crippen molar-refractivity contribution in [3.63, 3.8) is 0 Å². The molecular weight excluding hydrogens is 200 g/mol. The standard InChI is InChI=1S/C9H8N2O2S/c1-2-13-9(12)8-10-5-7-6(11-8)3-4-14-7/h3-5H,2H2,1H3. The number of hydrogen-bond acceptors (Lipinski definition) is 5. The SMILES string of the molecule is CCOC(=O)c1ncc2sccc2n1. The van der Waals surface area contributed by atoms with Crippen LogP contribution < -0.4 is 0 Å². The fourth-order valence-electron chi connectivity index (χ4n) is 1.06. The predicted octanol–water partition coefficient (Wildman–Crippen LogP) is 1.87. The van der Waals surface area contributed by atoms with E-state index in [0.717, 1.165) is 10.2 Å². The lowest BCUT2D eigenvalue weighted by molar-refractivity contribution is 0.0512. The van der Waals surface area contributed by atoms with Crippen molar-refractivity contribution >= 4 is 27.5 Å². The molecule has 0 aliphatic heterocycles. The van der Waals surface area contributed by atoms with Crippen molar-refractivity contribution < 1.29 is 9.53 Å². The minimum atomic E-state index is -0.472. The molecular formula is C9H8N2O2S. The van der Waals surface area contributed by atoms with Gasteiger partial charge in [0.15, 0.2) is 0 Å². The lowest BCUT2D eigenvalue weighted by atomic mass is 10.4. The van der Waals surface area contributed by atoms with Gasteiger partial charge in [-0.1, -0.05) is 0 Å². The molecule has 0 radical (unpaired) electrons. The maximum absolute atomic E-state index is 11.3. The second-order valence-electron chi connectivity index (χ2n) is 2.58. The number of carbonyl (C=O) groups excluding carboxylic acids is 1. The van der Waals surface area contributed by atoms with Gasteiger partial charge in [0.2, 0.25) is 5.82 Å². The molecule has 2 aromatic rings. The number of esters is 1. The maximum Gasteiger partial charge on any atom is 0.376 e. The van der Waals surface area contributed by atoms with Gasteiger partial charge in [0.1, 0.15) is 0 Å². The molecule has 0 atom stereocenters. The van der Waals surface area contributed by atoms with Crippen molar-refractivity contribution in [1.82, 2.24) is 9.97 Å². The van der Waals surface area contributed by atoms with Crippen molar-refractivity contribution in [3.8, 4) is 0 Å². The van der Waals surface area contributed by atoms with Crippen molar-refractivity contribution in [2.45, 2.75) is 6.92 Å². The molecule has 0 fully saturated rings. The van der Waals surface area contributed by atoms with E-state index < -0.39 is 5.97 Å². The highest BCUT2D eigenvalue weighted by atomic mass is 32.1. The van der Waals surface area contributed by atoms with E-state index in [2.05, 4.69) is 9.97 Å². The van der Waals surface area contributed by atoms with Crippen molar-refractivity contribution in [3.05, 3.63) is 23.5 Å². The van der Waals surface area contributed by atoms with Gasteiger partial charge in [0, 0.05) is 6.20 Å². The third-order valence-corrected chi connectivity index (χ3v) is 2.50. The van der Waals surface area contributed by atoms with Gasteiger partial charge in [-0.3, -0.25) is 0 Å². The van der Waals surface area contributed by atoms with Crippen LogP contribution in [0.2, 0.25) is 0 Å².